The number of aromatic nitrogens is 2. The average Bonchev–Trinajstić information content (AvgIpc) is 2.79. The molecule has 2 aromatic rings. The highest BCUT2D eigenvalue weighted by molar-refractivity contribution is 6.30. The third kappa shape index (κ3) is 2.73. The van der Waals surface area contributed by atoms with Gasteiger partial charge in [-0.1, -0.05) is 11.6 Å². The zero-order valence-corrected chi connectivity index (χ0v) is 12.2. The first kappa shape index (κ1) is 15.8. The molecule has 0 fully saturated rings. The van der Waals surface area contributed by atoms with E-state index in [0.29, 0.717) is 0 Å². The van der Waals surface area contributed by atoms with Gasteiger partial charge < -0.3 is 16.2 Å². The second-order valence-corrected chi connectivity index (χ2v) is 4.64. The third-order valence-corrected chi connectivity index (χ3v) is 3.00. The molecule has 1 heterocycles. The van der Waals surface area contributed by atoms with E-state index in [-0.39, 0.29) is 34.4 Å². The Morgan fingerprint density at radius 2 is 2.14 bits per heavy atom. The Kier molecular flexibility index (Phi) is 4.32. The van der Waals surface area contributed by atoms with Crippen LogP contribution in [0.4, 0.5) is 10.1 Å². The second-order valence-electron chi connectivity index (χ2n) is 4.20. The minimum absolute atomic E-state index is 0.0629. The lowest BCUT2D eigenvalue weighted by Crippen LogP contribution is -2.14. The molecule has 9 heteroatoms. The first-order chi connectivity index (χ1) is 10.4. The highest BCUT2D eigenvalue weighted by atomic mass is 35.5. The van der Waals surface area contributed by atoms with Crippen LogP contribution in [0.25, 0.3) is 5.69 Å². The van der Waals surface area contributed by atoms with Gasteiger partial charge in [-0.2, -0.15) is 5.10 Å². The van der Waals surface area contributed by atoms with E-state index in [9.17, 15) is 14.0 Å². The van der Waals surface area contributed by atoms with Crippen molar-refractivity contribution < 1.29 is 18.7 Å². The Morgan fingerprint density at radius 1 is 1.45 bits per heavy atom. The Balaban J connectivity index is 2.73. The molecule has 0 spiro atoms. The van der Waals surface area contributed by atoms with Gasteiger partial charge >= 0.3 is 5.97 Å². The normalized spacial score (nSPS) is 10.5. The van der Waals surface area contributed by atoms with Crippen LogP contribution in [0.2, 0.25) is 5.02 Å². The maximum Gasteiger partial charge on any atom is 0.359 e. The minimum atomic E-state index is -0.954. The Bertz CT molecular complexity index is 760. The van der Waals surface area contributed by atoms with Crippen molar-refractivity contribution in [1.29, 1.82) is 0 Å². The predicted molar refractivity (Wildman–Crippen MR) is 77.4 cm³/mol. The van der Waals surface area contributed by atoms with Crippen LogP contribution in [0.3, 0.4) is 0 Å². The van der Waals surface area contributed by atoms with Crippen molar-refractivity contribution in [3.63, 3.8) is 0 Å². The Morgan fingerprint density at radius 3 is 2.73 bits per heavy atom. The van der Waals surface area contributed by atoms with E-state index >= 15 is 0 Å². The molecule has 0 aliphatic rings. The summed E-state index contributed by atoms with van der Waals surface area (Å²) < 4.78 is 19.7. The van der Waals surface area contributed by atoms with Gasteiger partial charge in [-0.15, -0.1) is 0 Å². The molecule has 7 nitrogen and oxygen atoms in total. The van der Waals surface area contributed by atoms with Crippen molar-refractivity contribution in [2.24, 2.45) is 5.73 Å². The maximum absolute atomic E-state index is 14.0. The van der Waals surface area contributed by atoms with Crippen LogP contribution < -0.4 is 11.5 Å². The molecule has 116 valence electrons. The van der Waals surface area contributed by atoms with Crippen LogP contribution in [-0.4, -0.2) is 28.3 Å². The van der Waals surface area contributed by atoms with Crippen LogP contribution in [0.1, 0.15) is 27.9 Å². The lowest BCUT2D eigenvalue weighted by Gasteiger charge is -2.08. The lowest BCUT2D eigenvalue weighted by atomic mass is 10.2. The fourth-order valence-corrected chi connectivity index (χ4v) is 2.00. The zero-order valence-electron chi connectivity index (χ0n) is 11.5. The molecule has 0 aliphatic heterocycles. The number of rotatable bonds is 4. The molecule has 1 aromatic heterocycles. The molecule has 2 rings (SSSR count). The monoisotopic (exact) mass is 326 g/mol. The molecule has 0 radical (unpaired) electrons. The number of esters is 1. The van der Waals surface area contributed by atoms with E-state index in [1.54, 1.807) is 6.92 Å². The molecule has 0 bridgehead atoms. The number of halogens is 2. The molecule has 1 aromatic carbocycles. The summed E-state index contributed by atoms with van der Waals surface area (Å²) in [5.41, 5.74) is 9.77. The number of nitrogens with two attached hydrogens (primary N) is 2. The van der Waals surface area contributed by atoms with Crippen molar-refractivity contribution >= 4 is 29.2 Å². The minimum Gasteiger partial charge on any atom is -0.461 e. The highest BCUT2D eigenvalue weighted by Crippen LogP contribution is 2.25. The molecular weight excluding hydrogens is 315 g/mol. The number of carbonyl (C=O) groups excluding carboxylic acids is 2. The van der Waals surface area contributed by atoms with E-state index in [1.165, 1.54) is 12.1 Å². The summed E-state index contributed by atoms with van der Waals surface area (Å²) in [4.78, 5) is 23.4. The highest BCUT2D eigenvalue weighted by Gasteiger charge is 2.27. The van der Waals surface area contributed by atoms with Gasteiger partial charge in [-0.05, 0) is 25.1 Å². The van der Waals surface area contributed by atoms with Crippen LogP contribution in [0.5, 0.6) is 0 Å². The zero-order chi connectivity index (χ0) is 16.4. The van der Waals surface area contributed by atoms with Crippen molar-refractivity contribution in [3.8, 4) is 5.69 Å². The number of hydrogen-bond acceptors (Lipinski definition) is 5. The summed E-state index contributed by atoms with van der Waals surface area (Å²) in [5.74, 6) is -2.53. The third-order valence-electron chi connectivity index (χ3n) is 2.76. The molecule has 0 saturated carbocycles. The van der Waals surface area contributed by atoms with Gasteiger partial charge in [-0.3, -0.25) is 4.79 Å². The molecule has 0 saturated heterocycles. The molecule has 22 heavy (non-hydrogen) atoms. The number of primary amides is 1. The number of ether oxygens (including phenoxy) is 1. The number of nitrogens with zero attached hydrogens (tertiary/aromatic N) is 2. The summed E-state index contributed by atoms with van der Waals surface area (Å²) in [6.45, 7) is 1.65. The number of benzene rings is 1. The largest absolute Gasteiger partial charge is 0.461 e. The summed E-state index contributed by atoms with van der Waals surface area (Å²) in [6, 6.07) is 3.65. The van der Waals surface area contributed by atoms with E-state index in [0.717, 1.165) is 10.7 Å². The van der Waals surface area contributed by atoms with Gasteiger partial charge in [0.05, 0.1) is 12.3 Å². The van der Waals surface area contributed by atoms with Gasteiger partial charge in [0.15, 0.2) is 11.4 Å². The number of amides is 1. The van der Waals surface area contributed by atoms with E-state index in [4.69, 9.17) is 27.8 Å². The van der Waals surface area contributed by atoms with Crippen molar-refractivity contribution in [2.75, 3.05) is 12.3 Å². The predicted octanol–water partition coefficient (Wildman–Crippen LogP) is 1.52. The molecule has 0 unspecified atom stereocenters. The first-order valence-electron chi connectivity index (χ1n) is 6.17. The van der Waals surface area contributed by atoms with E-state index in [1.807, 2.05) is 0 Å². The van der Waals surface area contributed by atoms with Crippen LogP contribution in [0.15, 0.2) is 18.2 Å². The van der Waals surface area contributed by atoms with Crippen molar-refractivity contribution in [1.82, 2.24) is 9.78 Å². The van der Waals surface area contributed by atoms with Gasteiger partial charge in [0, 0.05) is 5.02 Å². The fraction of sp³-hybridized carbons (Fsp3) is 0.154. The van der Waals surface area contributed by atoms with Crippen LogP contribution in [0, 0.1) is 5.82 Å². The molecule has 1 amide bonds. The lowest BCUT2D eigenvalue weighted by molar-refractivity contribution is 0.0517. The second kappa shape index (κ2) is 6.02. The summed E-state index contributed by atoms with van der Waals surface area (Å²) in [7, 11) is 0. The Hall–Kier alpha value is -2.61. The summed E-state index contributed by atoms with van der Waals surface area (Å²) in [5, 5.41) is 4.01. The molecule has 0 atom stereocenters. The van der Waals surface area contributed by atoms with E-state index < -0.39 is 17.7 Å². The standard InChI is InChI=1S/C13H12ClFN4O3/c1-2-22-13(21)11-9(16)10(12(17)20)18-19(11)8-5-6(14)3-4-7(8)15/h3-5H,2,16H2,1H3,(H2,17,20). The molecule has 4 N–H and O–H groups in total. The van der Waals surface area contributed by atoms with Crippen molar-refractivity contribution in [2.45, 2.75) is 6.92 Å². The van der Waals surface area contributed by atoms with E-state index in [2.05, 4.69) is 5.10 Å². The molecule has 0 aliphatic carbocycles. The van der Waals surface area contributed by atoms with Crippen molar-refractivity contribution in [3.05, 3.63) is 40.4 Å². The van der Waals surface area contributed by atoms with Crippen LogP contribution in [-0.2, 0) is 4.74 Å². The van der Waals surface area contributed by atoms with Crippen LogP contribution >= 0.6 is 11.6 Å². The number of hydrogen-bond donors (Lipinski definition) is 2. The number of carbonyl (C=O) groups is 2. The maximum atomic E-state index is 14.0. The topological polar surface area (TPSA) is 113 Å². The SMILES string of the molecule is CCOC(=O)c1c(N)c(C(N)=O)nn1-c1cc(Cl)ccc1F. The van der Waals surface area contributed by atoms with Gasteiger partial charge in [0.1, 0.15) is 11.5 Å². The molecular formula is C13H12ClFN4O3. The smallest absolute Gasteiger partial charge is 0.359 e. The number of nitrogen functional groups attached to an aromatic ring is 1. The van der Waals surface area contributed by atoms with Gasteiger partial charge in [0.2, 0.25) is 0 Å². The van der Waals surface area contributed by atoms with Gasteiger partial charge in [-0.25, -0.2) is 13.9 Å². The summed E-state index contributed by atoms with van der Waals surface area (Å²) >= 11 is 5.82. The first-order valence-corrected chi connectivity index (χ1v) is 6.55. The fourth-order valence-electron chi connectivity index (χ4n) is 1.83. The number of anilines is 1. The quantitative estimate of drug-likeness (QED) is 0.827. The Labute approximate surface area is 129 Å². The average molecular weight is 327 g/mol. The summed E-state index contributed by atoms with van der Waals surface area (Å²) in [6.07, 6.45) is 0. The van der Waals surface area contributed by atoms with Gasteiger partial charge in [0.25, 0.3) is 5.91 Å².